The number of nitrogens with one attached hydrogen (secondary N) is 1. The van der Waals surface area contributed by atoms with E-state index >= 15 is 0 Å². The van der Waals surface area contributed by atoms with Crippen LogP contribution in [0, 0.1) is 0 Å². The van der Waals surface area contributed by atoms with Crippen molar-refractivity contribution in [1.29, 1.82) is 0 Å². The molecule has 3 amide bonds. The first kappa shape index (κ1) is 16.8. The number of imide groups is 1. The zero-order valence-electron chi connectivity index (χ0n) is 14.9. The third-order valence-corrected chi connectivity index (χ3v) is 5.53. The Morgan fingerprint density at radius 1 is 1.12 bits per heavy atom. The van der Waals surface area contributed by atoms with Crippen LogP contribution < -0.4 is 5.32 Å². The molecule has 0 unspecified atom stereocenters. The van der Waals surface area contributed by atoms with Gasteiger partial charge in [-0.25, -0.2) is 9.78 Å². The normalized spacial score (nSPS) is 19.6. The van der Waals surface area contributed by atoms with Gasteiger partial charge in [-0.3, -0.25) is 9.69 Å². The standard InChI is InChI=1S/C19H23N5O2/c1-22-18(26)24(17(25)19(22)7-9-20-10-8-19)14-16-21-11-12-23(16)13-15-5-3-2-4-6-15/h2-6,11-12,20H,7-10,13-14H2,1H3. The number of aromatic nitrogens is 2. The molecule has 1 N–H and O–H groups in total. The van der Waals surface area contributed by atoms with Crippen molar-refractivity contribution in [2.24, 2.45) is 0 Å². The van der Waals surface area contributed by atoms with E-state index in [1.165, 1.54) is 4.90 Å². The number of hydrogen-bond donors (Lipinski definition) is 1. The summed E-state index contributed by atoms with van der Waals surface area (Å²) in [7, 11) is 1.74. The molecule has 2 aromatic rings. The minimum absolute atomic E-state index is 0.0965. The molecule has 1 spiro atoms. The fourth-order valence-corrected chi connectivity index (χ4v) is 3.93. The van der Waals surface area contributed by atoms with E-state index in [4.69, 9.17) is 0 Å². The van der Waals surface area contributed by atoms with Gasteiger partial charge in [0, 0.05) is 26.0 Å². The Morgan fingerprint density at radius 3 is 2.58 bits per heavy atom. The summed E-state index contributed by atoms with van der Waals surface area (Å²) in [6.45, 7) is 2.37. The van der Waals surface area contributed by atoms with E-state index in [1.54, 1.807) is 18.1 Å². The SMILES string of the molecule is CN1C(=O)N(Cc2nccn2Cc2ccccc2)C(=O)C12CCNCC2. The Hall–Kier alpha value is -2.67. The van der Waals surface area contributed by atoms with Crippen molar-refractivity contribution >= 4 is 11.9 Å². The molecule has 0 bridgehead atoms. The van der Waals surface area contributed by atoms with Gasteiger partial charge >= 0.3 is 6.03 Å². The maximum absolute atomic E-state index is 13.1. The average Bonchev–Trinajstić information content (AvgIpc) is 3.17. The summed E-state index contributed by atoms with van der Waals surface area (Å²) in [5.41, 5.74) is 0.455. The van der Waals surface area contributed by atoms with Crippen LogP contribution in [-0.4, -0.2) is 57.0 Å². The number of benzene rings is 1. The van der Waals surface area contributed by atoms with Gasteiger partial charge in [0.1, 0.15) is 11.4 Å². The Kier molecular flexibility index (Phi) is 4.24. The van der Waals surface area contributed by atoms with Crippen LogP contribution in [-0.2, 0) is 17.9 Å². The lowest BCUT2D eigenvalue weighted by atomic mass is 9.87. The molecule has 4 rings (SSSR count). The smallest absolute Gasteiger partial charge is 0.327 e. The summed E-state index contributed by atoms with van der Waals surface area (Å²) in [6.07, 6.45) is 4.91. The molecule has 0 saturated carbocycles. The Labute approximate surface area is 152 Å². The largest absolute Gasteiger partial charge is 0.329 e. The lowest BCUT2D eigenvalue weighted by Crippen LogP contribution is -2.54. The lowest BCUT2D eigenvalue weighted by Gasteiger charge is -2.36. The lowest BCUT2D eigenvalue weighted by molar-refractivity contribution is -0.134. The molecule has 2 saturated heterocycles. The monoisotopic (exact) mass is 353 g/mol. The molecule has 7 heteroatoms. The molecule has 2 aliphatic rings. The minimum Gasteiger partial charge on any atom is -0.329 e. The predicted molar refractivity (Wildman–Crippen MR) is 96.3 cm³/mol. The molecule has 1 aromatic carbocycles. The average molecular weight is 353 g/mol. The van der Waals surface area contributed by atoms with Crippen LogP contribution in [0.4, 0.5) is 4.79 Å². The van der Waals surface area contributed by atoms with Crippen LogP contribution in [0.3, 0.4) is 0 Å². The molecular weight excluding hydrogens is 330 g/mol. The van der Waals surface area contributed by atoms with Crippen LogP contribution in [0.25, 0.3) is 0 Å². The number of rotatable bonds is 4. The number of piperidine rings is 1. The number of carbonyl (C=O) groups is 2. The number of hydrogen-bond acceptors (Lipinski definition) is 4. The molecule has 136 valence electrons. The van der Waals surface area contributed by atoms with Gasteiger partial charge in [0.2, 0.25) is 0 Å². The maximum atomic E-state index is 13.1. The Bertz CT molecular complexity index is 810. The zero-order chi connectivity index (χ0) is 18.1. The van der Waals surface area contributed by atoms with Crippen LogP contribution in [0.15, 0.2) is 42.7 Å². The van der Waals surface area contributed by atoms with Gasteiger partial charge < -0.3 is 14.8 Å². The highest BCUT2D eigenvalue weighted by molar-refractivity contribution is 6.06. The first-order valence-electron chi connectivity index (χ1n) is 8.96. The number of carbonyl (C=O) groups excluding carboxylic acids is 2. The molecule has 2 aliphatic heterocycles. The molecule has 2 fully saturated rings. The van der Waals surface area contributed by atoms with Crippen molar-refractivity contribution in [2.45, 2.75) is 31.5 Å². The highest BCUT2D eigenvalue weighted by Gasteiger charge is 2.55. The number of urea groups is 1. The summed E-state index contributed by atoms with van der Waals surface area (Å²) in [5.74, 6) is 0.621. The van der Waals surface area contributed by atoms with Crippen molar-refractivity contribution in [2.75, 3.05) is 20.1 Å². The zero-order valence-corrected chi connectivity index (χ0v) is 14.9. The number of likely N-dealkylation sites (N-methyl/N-ethyl adjacent to an activating group) is 1. The van der Waals surface area contributed by atoms with Gasteiger partial charge in [-0.1, -0.05) is 30.3 Å². The van der Waals surface area contributed by atoms with Gasteiger partial charge in [0.25, 0.3) is 5.91 Å². The minimum atomic E-state index is -0.695. The molecule has 26 heavy (non-hydrogen) atoms. The van der Waals surface area contributed by atoms with Crippen LogP contribution >= 0.6 is 0 Å². The highest BCUT2D eigenvalue weighted by Crippen LogP contribution is 2.34. The third-order valence-electron chi connectivity index (χ3n) is 5.53. The van der Waals surface area contributed by atoms with Gasteiger partial charge in [-0.15, -0.1) is 0 Å². The fraction of sp³-hybridized carbons (Fsp3) is 0.421. The van der Waals surface area contributed by atoms with Crippen molar-refractivity contribution in [3.8, 4) is 0 Å². The van der Waals surface area contributed by atoms with E-state index in [0.29, 0.717) is 19.4 Å². The summed E-state index contributed by atoms with van der Waals surface area (Å²) in [5, 5.41) is 3.26. The van der Waals surface area contributed by atoms with Crippen LogP contribution in [0.1, 0.15) is 24.2 Å². The fourth-order valence-electron chi connectivity index (χ4n) is 3.93. The molecule has 1 aromatic heterocycles. The van der Waals surface area contributed by atoms with Gasteiger partial charge in [-0.2, -0.15) is 0 Å². The second kappa shape index (κ2) is 6.57. The quantitative estimate of drug-likeness (QED) is 0.845. The molecule has 0 aliphatic carbocycles. The van der Waals surface area contributed by atoms with Crippen molar-refractivity contribution in [1.82, 2.24) is 24.7 Å². The van der Waals surface area contributed by atoms with Crippen molar-refractivity contribution in [3.05, 3.63) is 54.1 Å². The van der Waals surface area contributed by atoms with E-state index in [0.717, 1.165) is 24.5 Å². The van der Waals surface area contributed by atoms with Crippen molar-refractivity contribution in [3.63, 3.8) is 0 Å². The van der Waals surface area contributed by atoms with Crippen LogP contribution in [0.5, 0.6) is 0 Å². The van der Waals surface area contributed by atoms with E-state index in [2.05, 4.69) is 10.3 Å². The Morgan fingerprint density at radius 2 is 1.85 bits per heavy atom. The van der Waals surface area contributed by atoms with E-state index in [1.807, 2.05) is 41.1 Å². The molecule has 7 nitrogen and oxygen atoms in total. The number of nitrogens with zero attached hydrogens (tertiary/aromatic N) is 4. The molecule has 3 heterocycles. The van der Waals surface area contributed by atoms with E-state index < -0.39 is 5.54 Å². The van der Waals surface area contributed by atoms with E-state index in [-0.39, 0.29) is 18.5 Å². The van der Waals surface area contributed by atoms with Gasteiger partial charge in [-0.05, 0) is 31.5 Å². The summed E-state index contributed by atoms with van der Waals surface area (Å²) >= 11 is 0. The second-order valence-corrected chi connectivity index (χ2v) is 6.97. The van der Waals surface area contributed by atoms with E-state index in [9.17, 15) is 9.59 Å². The summed E-state index contributed by atoms with van der Waals surface area (Å²) < 4.78 is 1.99. The topological polar surface area (TPSA) is 70.5 Å². The van der Waals surface area contributed by atoms with Gasteiger partial charge in [0.15, 0.2) is 0 Å². The molecule has 0 radical (unpaired) electrons. The molecule has 0 atom stereocenters. The van der Waals surface area contributed by atoms with Gasteiger partial charge in [0.05, 0.1) is 6.54 Å². The molecular formula is C19H23N5O2. The maximum Gasteiger partial charge on any atom is 0.327 e. The highest BCUT2D eigenvalue weighted by atomic mass is 16.2. The van der Waals surface area contributed by atoms with Crippen LogP contribution in [0.2, 0.25) is 0 Å². The first-order chi connectivity index (χ1) is 12.6. The third kappa shape index (κ3) is 2.68. The number of imidazole rings is 1. The second-order valence-electron chi connectivity index (χ2n) is 6.97. The predicted octanol–water partition coefficient (Wildman–Crippen LogP) is 1.45. The Balaban J connectivity index is 1.55. The first-order valence-corrected chi connectivity index (χ1v) is 8.96. The summed E-state index contributed by atoms with van der Waals surface area (Å²) in [6, 6.07) is 9.84. The number of amides is 3. The summed E-state index contributed by atoms with van der Waals surface area (Å²) in [4.78, 5) is 33.2. The van der Waals surface area contributed by atoms with Crippen molar-refractivity contribution < 1.29 is 9.59 Å².